The van der Waals surface area contributed by atoms with E-state index < -0.39 is 0 Å². The third-order valence-electron chi connectivity index (χ3n) is 4.34. The lowest BCUT2D eigenvalue weighted by atomic mass is 10.0. The number of nitrogens with zero attached hydrogens (tertiary/aromatic N) is 3. The van der Waals surface area contributed by atoms with Crippen molar-refractivity contribution in [3.05, 3.63) is 78.4 Å². The van der Waals surface area contributed by atoms with E-state index in [1.54, 1.807) is 12.4 Å². The molecule has 0 radical (unpaired) electrons. The number of hydrogen-bond donors (Lipinski definition) is 0. The molecule has 4 aromatic rings. The third-order valence-corrected chi connectivity index (χ3v) is 4.34. The fraction of sp³-hybridized carbons (Fsp3) is 0.143. The molecule has 0 amide bonds. The molecule has 0 aliphatic rings. The average molecular weight is 329 g/mol. The number of hydrogen-bond acceptors (Lipinski definition) is 3. The summed E-state index contributed by atoms with van der Waals surface area (Å²) in [6, 6.07) is 14.2. The third kappa shape index (κ3) is 2.98. The lowest BCUT2D eigenvalue weighted by Crippen LogP contribution is -1.95. The van der Waals surface area contributed by atoms with Crippen LogP contribution in [0.4, 0.5) is 0 Å². The minimum atomic E-state index is 0.603. The molecule has 0 atom stereocenters. The van der Waals surface area contributed by atoms with Crippen LogP contribution < -0.4 is 4.74 Å². The van der Waals surface area contributed by atoms with Crippen molar-refractivity contribution in [3.8, 4) is 22.8 Å². The van der Waals surface area contributed by atoms with Crippen LogP contribution in [-0.2, 0) is 6.42 Å². The van der Waals surface area contributed by atoms with Crippen LogP contribution in [0.5, 0.6) is 11.6 Å². The fourth-order valence-corrected chi connectivity index (χ4v) is 2.94. The van der Waals surface area contributed by atoms with Gasteiger partial charge in [-0.3, -0.25) is 0 Å². The van der Waals surface area contributed by atoms with Gasteiger partial charge < -0.3 is 9.14 Å². The summed E-state index contributed by atoms with van der Waals surface area (Å²) >= 11 is 0. The van der Waals surface area contributed by atoms with Crippen molar-refractivity contribution < 1.29 is 4.74 Å². The Hall–Kier alpha value is -3.14. The van der Waals surface area contributed by atoms with Gasteiger partial charge in [-0.2, -0.15) is 0 Å². The minimum absolute atomic E-state index is 0.603. The number of aromatic nitrogens is 3. The molecule has 4 nitrogen and oxygen atoms in total. The quantitative estimate of drug-likeness (QED) is 0.525. The zero-order valence-electron chi connectivity index (χ0n) is 14.3. The van der Waals surface area contributed by atoms with E-state index in [1.807, 2.05) is 34.9 Å². The van der Waals surface area contributed by atoms with E-state index in [4.69, 9.17) is 4.74 Å². The van der Waals surface area contributed by atoms with Crippen LogP contribution >= 0.6 is 0 Å². The van der Waals surface area contributed by atoms with Crippen LogP contribution in [0.25, 0.3) is 16.8 Å². The molecule has 0 unspecified atom stereocenters. The molecule has 25 heavy (non-hydrogen) atoms. The molecule has 124 valence electrons. The molecule has 0 bridgehead atoms. The highest BCUT2D eigenvalue weighted by molar-refractivity contribution is 5.74. The van der Waals surface area contributed by atoms with E-state index in [9.17, 15) is 0 Å². The van der Waals surface area contributed by atoms with E-state index in [-0.39, 0.29) is 0 Å². The first-order valence-electron chi connectivity index (χ1n) is 8.40. The number of pyridine rings is 2. The van der Waals surface area contributed by atoms with Crippen molar-refractivity contribution in [2.75, 3.05) is 0 Å². The maximum atomic E-state index is 6.07. The molecule has 3 heterocycles. The van der Waals surface area contributed by atoms with Crippen LogP contribution in [0.15, 0.2) is 67.3 Å². The Kier molecular flexibility index (Phi) is 3.94. The predicted molar refractivity (Wildman–Crippen MR) is 99.1 cm³/mol. The molecule has 0 N–H and O–H groups in total. The summed E-state index contributed by atoms with van der Waals surface area (Å²) < 4.78 is 8.09. The number of fused-ring (bicyclic) bond motifs is 1. The van der Waals surface area contributed by atoms with Crippen molar-refractivity contribution >= 4 is 5.65 Å². The highest BCUT2D eigenvalue weighted by Crippen LogP contribution is 2.33. The monoisotopic (exact) mass is 329 g/mol. The number of benzene rings is 1. The molecule has 4 rings (SSSR count). The molecule has 0 spiro atoms. The summed E-state index contributed by atoms with van der Waals surface area (Å²) in [6.45, 7) is 4.23. The Morgan fingerprint density at radius 2 is 1.84 bits per heavy atom. The average Bonchev–Trinajstić information content (AvgIpc) is 3.09. The van der Waals surface area contributed by atoms with Gasteiger partial charge in [0.15, 0.2) is 0 Å². The maximum absolute atomic E-state index is 6.07. The second-order valence-corrected chi connectivity index (χ2v) is 6.02. The van der Waals surface area contributed by atoms with E-state index >= 15 is 0 Å². The van der Waals surface area contributed by atoms with Gasteiger partial charge in [0.2, 0.25) is 5.88 Å². The smallest absolute Gasteiger partial charge is 0.227 e. The first kappa shape index (κ1) is 15.4. The van der Waals surface area contributed by atoms with Crippen LogP contribution in [0.2, 0.25) is 0 Å². The summed E-state index contributed by atoms with van der Waals surface area (Å²) in [4.78, 5) is 8.83. The van der Waals surface area contributed by atoms with Gasteiger partial charge in [0.05, 0.1) is 0 Å². The normalized spacial score (nSPS) is 11.0. The SMILES string of the molecule is CCc1ccc(Oc2ncccc2-c2cc3nccn3cc2C)cc1. The van der Waals surface area contributed by atoms with E-state index in [0.29, 0.717) is 5.88 Å². The number of aryl methyl sites for hydroxylation is 2. The topological polar surface area (TPSA) is 39.4 Å². The molecule has 0 aliphatic heterocycles. The second kappa shape index (κ2) is 6.40. The summed E-state index contributed by atoms with van der Waals surface area (Å²) in [5.74, 6) is 1.39. The van der Waals surface area contributed by atoms with E-state index in [0.717, 1.165) is 34.5 Å². The fourth-order valence-electron chi connectivity index (χ4n) is 2.94. The van der Waals surface area contributed by atoms with Gasteiger partial charge in [-0.1, -0.05) is 19.1 Å². The van der Waals surface area contributed by atoms with Gasteiger partial charge in [-0.25, -0.2) is 9.97 Å². The molecule has 4 heteroatoms. The number of imidazole rings is 1. The Morgan fingerprint density at radius 1 is 1.00 bits per heavy atom. The van der Waals surface area contributed by atoms with Crippen molar-refractivity contribution in [1.29, 1.82) is 0 Å². The molecule has 0 aliphatic carbocycles. The number of ether oxygens (including phenoxy) is 1. The molecular weight excluding hydrogens is 310 g/mol. The predicted octanol–water partition coefficient (Wildman–Crippen LogP) is 5.06. The van der Waals surface area contributed by atoms with Crippen LogP contribution in [0.1, 0.15) is 18.1 Å². The van der Waals surface area contributed by atoms with Crippen molar-refractivity contribution in [2.45, 2.75) is 20.3 Å². The van der Waals surface area contributed by atoms with Gasteiger partial charge in [0.25, 0.3) is 0 Å². The lowest BCUT2D eigenvalue weighted by Gasteiger charge is -2.12. The molecule has 3 aromatic heterocycles. The largest absolute Gasteiger partial charge is 0.438 e. The van der Waals surface area contributed by atoms with Crippen molar-refractivity contribution in [2.24, 2.45) is 0 Å². The summed E-state index contributed by atoms with van der Waals surface area (Å²) in [6.07, 6.45) is 8.59. The number of rotatable bonds is 4. The standard InChI is InChI=1S/C21H19N3O/c1-3-16-6-8-17(9-7-16)25-21-18(5-4-10-23-21)19-13-20-22-11-12-24(20)14-15(19)2/h4-14H,3H2,1-2H3. The Bertz CT molecular complexity index is 1020. The van der Waals surface area contributed by atoms with Gasteiger partial charge in [0.1, 0.15) is 11.4 Å². The summed E-state index contributed by atoms with van der Waals surface area (Å²) in [5, 5.41) is 0. The van der Waals surface area contributed by atoms with E-state index in [2.05, 4.69) is 48.2 Å². The van der Waals surface area contributed by atoms with Crippen molar-refractivity contribution in [3.63, 3.8) is 0 Å². The van der Waals surface area contributed by atoms with Crippen LogP contribution in [0, 0.1) is 6.92 Å². The summed E-state index contributed by atoms with van der Waals surface area (Å²) in [7, 11) is 0. The zero-order chi connectivity index (χ0) is 17.2. The molecular formula is C21H19N3O. The zero-order valence-corrected chi connectivity index (χ0v) is 14.3. The Labute approximate surface area is 146 Å². The highest BCUT2D eigenvalue weighted by Gasteiger charge is 2.12. The first-order valence-corrected chi connectivity index (χ1v) is 8.40. The lowest BCUT2D eigenvalue weighted by molar-refractivity contribution is 0.465. The second-order valence-electron chi connectivity index (χ2n) is 6.02. The Morgan fingerprint density at radius 3 is 2.64 bits per heavy atom. The Balaban J connectivity index is 1.75. The highest BCUT2D eigenvalue weighted by atomic mass is 16.5. The van der Waals surface area contributed by atoms with Gasteiger partial charge in [-0.05, 0) is 60.4 Å². The van der Waals surface area contributed by atoms with Crippen LogP contribution in [0.3, 0.4) is 0 Å². The summed E-state index contributed by atoms with van der Waals surface area (Å²) in [5.41, 5.74) is 5.37. The van der Waals surface area contributed by atoms with E-state index in [1.165, 1.54) is 5.56 Å². The van der Waals surface area contributed by atoms with Crippen molar-refractivity contribution in [1.82, 2.24) is 14.4 Å². The van der Waals surface area contributed by atoms with Gasteiger partial charge in [0, 0.05) is 30.4 Å². The minimum Gasteiger partial charge on any atom is -0.438 e. The molecule has 0 saturated carbocycles. The molecule has 1 aromatic carbocycles. The van der Waals surface area contributed by atoms with Gasteiger partial charge in [-0.15, -0.1) is 0 Å². The maximum Gasteiger partial charge on any atom is 0.227 e. The van der Waals surface area contributed by atoms with Gasteiger partial charge >= 0.3 is 0 Å². The first-order chi connectivity index (χ1) is 12.2. The molecule has 0 fully saturated rings. The van der Waals surface area contributed by atoms with Crippen LogP contribution in [-0.4, -0.2) is 14.4 Å². The molecule has 0 saturated heterocycles.